The van der Waals surface area contributed by atoms with Crippen molar-refractivity contribution in [1.82, 2.24) is 15.0 Å². The Morgan fingerprint density at radius 2 is 1.84 bits per heavy atom. The van der Waals surface area contributed by atoms with Crippen LogP contribution in [0.25, 0.3) is 10.9 Å². The Morgan fingerprint density at radius 1 is 1.03 bits per heavy atom. The molecule has 0 atom stereocenters. The summed E-state index contributed by atoms with van der Waals surface area (Å²) in [5.41, 5.74) is 9.17. The van der Waals surface area contributed by atoms with Crippen LogP contribution < -0.4 is 15.4 Å². The van der Waals surface area contributed by atoms with Gasteiger partial charge in [-0.25, -0.2) is 14.8 Å². The van der Waals surface area contributed by atoms with Gasteiger partial charge in [0, 0.05) is 18.1 Å². The maximum atomic E-state index is 12.2. The van der Waals surface area contributed by atoms with Gasteiger partial charge in [0.05, 0.1) is 18.4 Å². The van der Waals surface area contributed by atoms with Gasteiger partial charge in [-0.05, 0) is 31.2 Å². The lowest BCUT2D eigenvalue weighted by Crippen LogP contribution is -2.18. The standard InChI is InChI=1S/C23H21N5O3/c1-14-11-12-15-7-6-10-18(20(15)27-14)31-22-19(24)21(25-13-26-22)28(2)17-9-5-4-8-16(17)23(29)30-3/h4-13H,24H2,1-3H3. The SMILES string of the molecule is COC(=O)c1ccccc1N(C)c1ncnc(Oc2cccc3ccc(C)nc23)c1N. The van der Waals surface area contributed by atoms with E-state index in [-0.39, 0.29) is 11.6 Å². The van der Waals surface area contributed by atoms with Crippen LogP contribution >= 0.6 is 0 Å². The number of fused-ring (bicyclic) bond motifs is 1. The summed E-state index contributed by atoms with van der Waals surface area (Å²) in [6, 6.07) is 16.6. The van der Waals surface area contributed by atoms with E-state index in [1.807, 2.05) is 43.3 Å². The van der Waals surface area contributed by atoms with Crippen molar-refractivity contribution < 1.29 is 14.3 Å². The van der Waals surface area contributed by atoms with E-state index in [9.17, 15) is 4.79 Å². The normalized spacial score (nSPS) is 10.7. The zero-order valence-corrected chi connectivity index (χ0v) is 17.4. The Kier molecular flexibility index (Phi) is 5.36. The van der Waals surface area contributed by atoms with Crippen LogP contribution in [0.2, 0.25) is 0 Å². The number of rotatable bonds is 5. The minimum Gasteiger partial charge on any atom is -0.465 e. The number of nitrogens with zero attached hydrogens (tertiary/aromatic N) is 4. The Morgan fingerprint density at radius 3 is 2.65 bits per heavy atom. The van der Waals surface area contributed by atoms with Crippen molar-refractivity contribution in [2.75, 3.05) is 24.8 Å². The van der Waals surface area contributed by atoms with Gasteiger partial charge >= 0.3 is 5.97 Å². The maximum absolute atomic E-state index is 12.2. The van der Waals surface area contributed by atoms with E-state index in [2.05, 4.69) is 15.0 Å². The number of esters is 1. The average molecular weight is 415 g/mol. The number of para-hydroxylation sites is 2. The average Bonchev–Trinajstić information content (AvgIpc) is 2.80. The lowest BCUT2D eigenvalue weighted by Gasteiger charge is -2.22. The number of aryl methyl sites for hydroxylation is 1. The third-order valence-electron chi connectivity index (χ3n) is 4.84. The molecule has 0 radical (unpaired) electrons. The molecule has 0 amide bonds. The van der Waals surface area contributed by atoms with E-state index in [4.69, 9.17) is 15.2 Å². The molecule has 31 heavy (non-hydrogen) atoms. The van der Waals surface area contributed by atoms with Crippen molar-refractivity contribution >= 4 is 34.1 Å². The zero-order valence-electron chi connectivity index (χ0n) is 17.4. The first-order valence-electron chi connectivity index (χ1n) is 9.55. The second kappa shape index (κ2) is 8.27. The molecule has 0 saturated heterocycles. The van der Waals surface area contributed by atoms with Crippen molar-refractivity contribution in [3.63, 3.8) is 0 Å². The van der Waals surface area contributed by atoms with Crippen LogP contribution in [0.15, 0.2) is 60.9 Å². The summed E-state index contributed by atoms with van der Waals surface area (Å²) in [5, 5.41) is 0.945. The highest BCUT2D eigenvalue weighted by Gasteiger charge is 2.20. The number of hydrogen-bond donors (Lipinski definition) is 1. The highest BCUT2D eigenvalue weighted by atomic mass is 16.5. The molecule has 0 unspecified atom stereocenters. The number of benzene rings is 2. The number of nitrogen functional groups attached to an aromatic ring is 1. The van der Waals surface area contributed by atoms with Crippen LogP contribution in [0.1, 0.15) is 16.1 Å². The molecule has 2 N–H and O–H groups in total. The van der Waals surface area contributed by atoms with Crippen molar-refractivity contribution in [2.45, 2.75) is 6.92 Å². The van der Waals surface area contributed by atoms with E-state index in [0.29, 0.717) is 28.3 Å². The molecule has 0 spiro atoms. The van der Waals surface area contributed by atoms with Gasteiger partial charge in [-0.3, -0.25) is 0 Å². The predicted octanol–water partition coefficient (Wildman–Crippen LogP) is 4.26. The van der Waals surface area contributed by atoms with Gasteiger partial charge in [0.1, 0.15) is 17.5 Å². The Balaban J connectivity index is 1.74. The lowest BCUT2D eigenvalue weighted by atomic mass is 10.1. The van der Waals surface area contributed by atoms with Gasteiger partial charge in [-0.1, -0.05) is 30.3 Å². The fraction of sp³-hybridized carbons (Fsp3) is 0.130. The van der Waals surface area contributed by atoms with E-state index in [0.717, 1.165) is 11.1 Å². The third-order valence-corrected chi connectivity index (χ3v) is 4.84. The van der Waals surface area contributed by atoms with E-state index in [1.54, 1.807) is 30.1 Å². The smallest absolute Gasteiger partial charge is 0.339 e. The molecule has 2 aromatic heterocycles. The summed E-state index contributed by atoms with van der Waals surface area (Å²) < 4.78 is 10.9. The van der Waals surface area contributed by atoms with Gasteiger partial charge in [0.25, 0.3) is 0 Å². The molecule has 0 fully saturated rings. The molecule has 0 bridgehead atoms. The number of ether oxygens (including phenoxy) is 2. The number of nitrogens with two attached hydrogens (primary N) is 1. The summed E-state index contributed by atoms with van der Waals surface area (Å²) in [6.45, 7) is 1.92. The number of aromatic nitrogens is 3. The highest BCUT2D eigenvalue weighted by molar-refractivity contribution is 5.97. The number of anilines is 3. The molecule has 0 aliphatic heterocycles. The van der Waals surface area contributed by atoms with E-state index >= 15 is 0 Å². The summed E-state index contributed by atoms with van der Waals surface area (Å²) in [5.74, 6) is 0.674. The van der Waals surface area contributed by atoms with E-state index < -0.39 is 5.97 Å². The summed E-state index contributed by atoms with van der Waals surface area (Å²) in [4.78, 5) is 27.0. The maximum Gasteiger partial charge on any atom is 0.339 e. The number of pyridine rings is 1. The van der Waals surface area contributed by atoms with Crippen LogP contribution in [0.5, 0.6) is 11.6 Å². The molecule has 2 aromatic carbocycles. The van der Waals surface area contributed by atoms with Gasteiger partial charge in [-0.2, -0.15) is 4.98 Å². The molecule has 0 aliphatic carbocycles. The molecule has 0 saturated carbocycles. The first-order chi connectivity index (χ1) is 15.0. The molecular formula is C23H21N5O3. The second-order valence-corrected chi connectivity index (χ2v) is 6.87. The first kappa shape index (κ1) is 20.1. The van der Waals surface area contributed by atoms with Crippen molar-refractivity contribution in [3.8, 4) is 11.6 Å². The Bertz CT molecular complexity index is 1280. The largest absolute Gasteiger partial charge is 0.465 e. The number of hydrogen-bond acceptors (Lipinski definition) is 8. The number of carbonyl (C=O) groups is 1. The fourth-order valence-corrected chi connectivity index (χ4v) is 3.29. The van der Waals surface area contributed by atoms with Crippen molar-refractivity contribution in [2.24, 2.45) is 0 Å². The van der Waals surface area contributed by atoms with E-state index in [1.165, 1.54) is 13.4 Å². The van der Waals surface area contributed by atoms with Crippen LogP contribution in [0, 0.1) is 6.92 Å². The minimum absolute atomic E-state index is 0.197. The van der Waals surface area contributed by atoms with Crippen LogP contribution in [-0.2, 0) is 4.74 Å². The number of carbonyl (C=O) groups excluding carboxylic acids is 1. The first-order valence-corrected chi connectivity index (χ1v) is 9.55. The second-order valence-electron chi connectivity index (χ2n) is 6.87. The number of methoxy groups -OCH3 is 1. The highest BCUT2D eigenvalue weighted by Crippen LogP contribution is 2.36. The van der Waals surface area contributed by atoms with Gasteiger partial charge in [0.15, 0.2) is 11.6 Å². The molecule has 8 nitrogen and oxygen atoms in total. The van der Waals surface area contributed by atoms with Crippen molar-refractivity contribution in [1.29, 1.82) is 0 Å². The third kappa shape index (κ3) is 3.83. The summed E-state index contributed by atoms with van der Waals surface area (Å²) in [7, 11) is 3.09. The summed E-state index contributed by atoms with van der Waals surface area (Å²) >= 11 is 0. The topological polar surface area (TPSA) is 103 Å². The van der Waals surface area contributed by atoms with Crippen LogP contribution in [-0.4, -0.2) is 35.1 Å². The van der Waals surface area contributed by atoms with Crippen LogP contribution in [0.3, 0.4) is 0 Å². The van der Waals surface area contributed by atoms with Gasteiger partial charge in [0.2, 0.25) is 5.88 Å². The van der Waals surface area contributed by atoms with Crippen molar-refractivity contribution in [3.05, 3.63) is 72.2 Å². The van der Waals surface area contributed by atoms with Gasteiger partial charge < -0.3 is 20.1 Å². The molecule has 4 rings (SSSR count). The molecule has 8 heteroatoms. The zero-order chi connectivity index (χ0) is 22.0. The lowest BCUT2D eigenvalue weighted by molar-refractivity contribution is 0.0601. The Labute approximate surface area is 179 Å². The molecule has 2 heterocycles. The molecular weight excluding hydrogens is 394 g/mol. The monoisotopic (exact) mass is 415 g/mol. The minimum atomic E-state index is -0.455. The fourth-order valence-electron chi connectivity index (χ4n) is 3.29. The quantitative estimate of drug-likeness (QED) is 0.482. The molecule has 4 aromatic rings. The van der Waals surface area contributed by atoms with Gasteiger partial charge in [-0.15, -0.1) is 0 Å². The summed E-state index contributed by atoms with van der Waals surface area (Å²) in [6.07, 6.45) is 1.36. The van der Waals surface area contributed by atoms with Crippen LogP contribution in [0.4, 0.5) is 17.2 Å². The molecule has 0 aliphatic rings. The molecule has 156 valence electrons. The Hall–Kier alpha value is -4.20. The predicted molar refractivity (Wildman–Crippen MR) is 119 cm³/mol.